The molecule has 1 radical (unpaired) electrons. The average molecular weight is 275 g/mol. The van der Waals surface area contributed by atoms with Gasteiger partial charge in [0.1, 0.15) is 0 Å². The Labute approximate surface area is 118 Å². The van der Waals surface area contributed by atoms with Crippen LogP contribution in [0.25, 0.3) is 11.3 Å². The molecule has 0 saturated heterocycles. The van der Waals surface area contributed by atoms with Gasteiger partial charge in [-0.3, -0.25) is 0 Å². The third kappa shape index (κ3) is 2.89. The number of nitrogens with zero attached hydrogens (tertiary/aromatic N) is 2. The maximum atomic E-state index is 5.89. The monoisotopic (exact) mass is 275 g/mol. The molecule has 0 atom stereocenters. The quantitative estimate of drug-likeness (QED) is 0.800. The maximum absolute atomic E-state index is 5.89. The normalized spacial score (nSPS) is 10.5. The first-order valence-corrected chi connectivity index (χ1v) is 7.52. The summed E-state index contributed by atoms with van der Waals surface area (Å²) >= 11 is 1.48. The highest BCUT2D eigenvalue weighted by Gasteiger charge is 2.16. The SMILES string of the molecule is CCOc1c(-c2cs[c]n2)cccc1N(CC)CC. The molecule has 0 saturated carbocycles. The van der Waals surface area contributed by atoms with Gasteiger partial charge in [0.25, 0.3) is 0 Å². The zero-order valence-electron chi connectivity index (χ0n) is 11.6. The smallest absolute Gasteiger partial charge is 0.152 e. The lowest BCUT2D eigenvalue weighted by Crippen LogP contribution is -2.22. The minimum atomic E-state index is 0.652. The van der Waals surface area contributed by atoms with E-state index in [4.69, 9.17) is 4.74 Å². The Hall–Kier alpha value is -1.55. The van der Waals surface area contributed by atoms with Crippen LogP contribution in [0.2, 0.25) is 0 Å². The highest BCUT2D eigenvalue weighted by Crippen LogP contribution is 2.38. The molecule has 4 heteroatoms. The van der Waals surface area contributed by atoms with E-state index < -0.39 is 0 Å². The molecule has 0 aliphatic heterocycles. The molecular weight excluding hydrogens is 256 g/mol. The number of rotatable bonds is 6. The molecule has 101 valence electrons. The first-order valence-electron chi connectivity index (χ1n) is 6.64. The van der Waals surface area contributed by atoms with E-state index in [1.807, 2.05) is 12.3 Å². The van der Waals surface area contributed by atoms with Crippen molar-refractivity contribution in [1.82, 2.24) is 4.98 Å². The number of hydrogen-bond acceptors (Lipinski definition) is 4. The molecule has 1 aromatic heterocycles. The number of anilines is 1. The summed E-state index contributed by atoms with van der Waals surface area (Å²) in [6.45, 7) is 8.90. The van der Waals surface area contributed by atoms with Crippen LogP contribution in [0.1, 0.15) is 20.8 Å². The predicted molar refractivity (Wildman–Crippen MR) is 81.1 cm³/mol. The molecule has 1 heterocycles. The van der Waals surface area contributed by atoms with Crippen LogP contribution >= 0.6 is 11.3 Å². The number of para-hydroxylation sites is 1. The van der Waals surface area contributed by atoms with Gasteiger partial charge in [0.15, 0.2) is 11.3 Å². The van der Waals surface area contributed by atoms with E-state index in [0.717, 1.165) is 35.8 Å². The first-order chi connectivity index (χ1) is 9.31. The van der Waals surface area contributed by atoms with E-state index in [1.54, 1.807) is 0 Å². The Morgan fingerprint density at radius 3 is 2.63 bits per heavy atom. The first kappa shape index (κ1) is 13.9. The van der Waals surface area contributed by atoms with Crippen LogP contribution in [0.5, 0.6) is 5.75 Å². The van der Waals surface area contributed by atoms with E-state index in [-0.39, 0.29) is 0 Å². The van der Waals surface area contributed by atoms with Crippen molar-refractivity contribution in [1.29, 1.82) is 0 Å². The van der Waals surface area contributed by atoms with Crippen molar-refractivity contribution in [3.63, 3.8) is 0 Å². The van der Waals surface area contributed by atoms with Crippen LogP contribution in [0.4, 0.5) is 5.69 Å². The highest BCUT2D eigenvalue weighted by atomic mass is 32.1. The Morgan fingerprint density at radius 1 is 1.26 bits per heavy atom. The molecule has 1 aromatic carbocycles. The molecule has 0 aliphatic rings. The fraction of sp³-hybridized carbons (Fsp3) is 0.400. The van der Waals surface area contributed by atoms with E-state index in [9.17, 15) is 0 Å². The van der Waals surface area contributed by atoms with Crippen molar-refractivity contribution < 1.29 is 4.74 Å². The summed E-state index contributed by atoms with van der Waals surface area (Å²) in [5, 5.41) is 2.00. The van der Waals surface area contributed by atoms with Gasteiger partial charge in [-0.15, -0.1) is 11.3 Å². The molecule has 0 amide bonds. The van der Waals surface area contributed by atoms with Crippen molar-refractivity contribution in [3.05, 3.63) is 29.1 Å². The summed E-state index contributed by atoms with van der Waals surface area (Å²) in [5.74, 6) is 0.924. The number of hydrogen-bond donors (Lipinski definition) is 0. The largest absolute Gasteiger partial charge is 0.491 e. The summed E-state index contributed by atoms with van der Waals surface area (Å²) in [6.07, 6.45) is 0. The van der Waals surface area contributed by atoms with E-state index in [2.05, 4.69) is 47.4 Å². The number of aromatic nitrogens is 1. The summed E-state index contributed by atoms with van der Waals surface area (Å²) in [6, 6.07) is 6.23. The molecule has 2 rings (SSSR count). The fourth-order valence-electron chi connectivity index (χ4n) is 2.14. The zero-order valence-corrected chi connectivity index (χ0v) is 12.5. The van der Waals surface area contributed by atoms with Crippen LogP contribution in [0.15, 0.2) is 23.6 Å². The fourth-order valence-corrected chi connectivity index (χ4v) is 2.64. The topological polar surface area (TPSA) is 25.4 Å². The van der Waals surface area contributed by atoms with E-state index in [1.165, 1.54) is 11.3 Å². The molecule has 0 fully saturated rings. The van der Waals surface area contributed by atoms with Gasteiger partial charge in [-0.25, -0.2) is 4.98 Å². The van der Waals surface area contributed by atoms with Crippen molar-refractivity contribution >= 4 is 17.0 Å². The number of ether oxygens (including phenoxy) is 1. The van der Waals surface area contributed by atoms with Gasteiger partial charge >= 0.3 is 0 Å². The lowest BCUT2D eigenvalue weighted by atomic mass is 10.1. The minimum absolute atomic E-state index is 0.652. The molecule has 19 heavy (non-hydrogen) atoms. The van der Waals surface area contributed by atoms with Crippen molar-refractivity contribution in [2.75, 3.05) is 24.6 Å². The Bertz CT molecular complexity index is 507. The average Bonchev–Trinajstić information content (AvgIpc) is 2.96. The molecule has 0 N–H and O–H groups in total. The summed E-state index contributed by atoms with van der Waals surface area (Å²) in [7, 11) is 0. The predicted octanol–water partition coefficient (Wildman–Crippen LogP) is 3.86. The highest BCUT2D eigenvalue weighted by molar-refractivity contribution is 7.07. The zero-order chi connectivity index (χ0) is 13.7. The van der Waals surface area contributed by atoms with Gasteiger partial charge < -0.3 is 9.64 Å². The third-order valence-corrected chi connectivity index (χ3v) is 3.59. The second kappa shape index (κ2) is 6.57. The summed E-state index contributed by atoms with van der Waals surface area (Å²) in [5.41, 5.74) is 6.01. The molecule has 2 aromatic rings. The summed E-state index contributed by atoms with van der Waals surface area (Å²) in [4.78, 5) is 6.57. The van der Waals surface area contributed by atoms with Crippen LogP contribution in [0, 0.1) is 5.51 Å². The Morgan fingerprint density at radius 2 is 2.05 bits per heavy atom. The minimum Gasteiger partial charge on any atom is -0.491 e. The third-order valence-electron chi connectivity index (χ3n) is 3.05. The Kier molecular flexibility index (Phi) is 4.80. The number of benzene rings is 1. The lowest BCUT2D eigenvalue weighted by Gasteiger charge is -2.25. The molecule has 0 aliphatic carbocycles. The maximum Gasteiger partial charge on any atom is 0.152 e. The van der Waals surface area contributed by atoms with Gasteiger partial charge in [0.05, 0.1) is 18.0 Å². The summed E-state index contributed by atoms with van der Waals surface area (Å²) < 4.78 is 5.89. The van der Waals surface area contributed by atoms with Gasteiger partial charge in [0, 0.05) is 24.0 Å². The molecule has 0 spiro atoms. The number of thiazole rings is 1. The second-order valence-corrected chi connectivity index (χ2v) is 4.74. The van der Waals surface area contributed by atoms with Gasteiger partial charge in [0.2, 0.25) is 0 Å². The van der Waals surface area contributed by atoms with Crippen LogP contribution in [-0.2, 0) is 0 Å². The molecular formula is C15H19N2OS. The van der Waals surface area contributed by atoms with Gasteiger partial charge in [-0.05, 0) is 32.9 Å². The molecule has 0 unspecified atom stereocenters. The van der Waals surface area contributed by atoms with Crippen molar-refractivity contribution in [2.24, 2.45) is 0 Å². The molecule has 0 bridgehead atoms. The van der Waals surface area contributed by atoms with Gasteiger partial charge in [-0.2, -0.15) is 0 Å². The van der Waals surface area contributed by atoms with Crippen LogP contribution < -0.4 is 9.64 Å². The second-order valence-electron chi connectivity index (χ2n) is 4.08. The van der Waals surface area contributed by atoms with Crippen molar-refractivity contribution in [3.8, 4) is 17.0 Å². The van der Waals surface area contributed by atoms with Crippen LogP contribution in [0.3, 0.4) is 0 Å². The van der Waals surface area contributed by atoms with E-state index in [0.29, 0.717) is 6.61 Å². The standard InChI is InChI=1S/C15H19N2OS/c1-4-17(5-2)14-9-7-8-12(15(14)18-6-3)13-10-19-11-16-13/h7-10H,4-6H2,1-3H3. The molecule has 3 nitrogen and oxygen atoms in total. The Balaban J connectivity index is 2.52. The van der Waals surface area contributed by atoms with Gasteiger partial charge in [-0.1, -0.05) is 6.07 Å². The lowest BCUT2D eigenvalue weighted by molar-refractivity contribution is 0.341. The van der Waals surface area contributed by atoms with E-state index >= 15 is 0 Å². The van der Waals surface area contributed by atoms with Crippen molar-refractivity contribution in [2.45, 2.75) is 20.8 Å². The van der Waals surface area contributed by atoms with Crippen LogP contribution in [-0.4, -0.2) is 24.7 Å².